The zero-order valence-corrected chi connectivity index (χ0v) is 9.65. The van der Waals surface area contributed by atoms with E-state index in [1.807, 2.05) is 18.7 Å². The molecule has 0 bridgehead atoms. The van der Waals surface area contributed by atoms with Crippen LogP contribution < -0.4 is 4.90 Å². The Bertz CT molecular complexity index is 332. The van der Waals surface area contributed by atoms with E-state index in [0.717, 1.165) is 10.8 Å². The van der Waals surface area contributed by atoms with Crippen molar-refractivity contribution in [3.63, 3.8) is 0 Å². The largest absolute Gasteiger partial charge is 0.348 e. The SMILES string of the molecule is Cc1nc(N2CCC(C(F)F)C2)sc1C. The minimum atomic E-state index is -2.20. The van der Waals surface area contributed by atoms with Gasteiger partial charge in [-0.15, -0.1) is 11.3 Å². The van der Waals surface area contributed by atoms with Gasteiger partial charge in [-0.2, -0.15) is 0 Å². The van der Waals surface area contributed by atoms with Gasteiger partial charge < -0.3 is 4.90 Å². The Morgan fingerprint density at radius 1 is 1.47 bits per heavy atom. The Kier molecular flexibility index (Phi) is 2.91. The molecule has 2 nitrogen and oxygen atoms in total. The van der Waals surface area contributed by atoms with E-state index >= 15 is 0 Å². The van der Waals surface area contributed by atoms with Gasteiger partial charge in [0.15, 0.2) is 5.13 Å². The first kappa shape index (κ1) is 10.8. The van der Waals surface area contributed by atoms with Crippen LogP contribution in [-0.2, 0) is 0 Å². The zero-order valence-electron chi connectivity index (χ0n) is 8.83. The summed E-state index contributed by atoms with van der Waals surface area (Å²) in [5, 5.41) is 0.896. The highest BCUT2D eigenvalue weighted by atomic mass is 32.1. The summed E-state index contributed by atoms with van der Waals surface area (Å²) < 4.78 is 24.9. The van der Waals surface area contributed by atoms with Crippen LogP contribution in [0.2, 0.25) is 0 Å². The Hall–Kier alpha value is -0.710. The van der Waals surface area contributed by atoms with Gasteiger partial charge in [0.2, 0.25) is 6.43 Å². The quantitative estimate of drug-likeness (QED) is 0.779. The third-order valence-corrected chi connectivity index (χ3v) is 4.00. The van der Waals surface area contributed by atoms with Gasteiger partial charge in [-0.3, -0.25) is 0 Å². The summed E-state index contributed by atoms with van der Waals surface area (Å²) in [6, 6.07) is 0. The number of halogens is 2. The van der Waals surface area contributed by atoms with Crippen LogP contribution in [0.25, 0.3) is 0 Å². The second-order valence-corrected chi connectivity index (χ2v) is 5.15. The summed E-state index contributed by atoms with van der Waals surface area (Å²) in [4.78, 5) is 7.53. The first-order valence-corrected chi connectivity index (χ1v) is 5.86. The van der Waals surface area contributed by atoms with Crippen LogP contribution in [0.3, 0.4) is 0 Å². The average molecular weight is 232 g/mol. The lowest BCUT2D eigenvalue weighted by Crippen LogP contribution is -2.21. The molecule has 1 unspecified atom stereocenters. The van der Waals surface area contributed by atoms with Crippen LogP contribution in [0.5, 0.6) is 0 Å². The highest BCUT2D eigenvalue weighted by Gasteiger charge is 2.30. The predicted octanol–water partition coefficient (Wildman–Crippen LogP) is 2.85. The molecule has 84 valence electrons. The second kappa shape index (κ2) is 4.04. The van der Waals surface area contributed by atoms with Crippen molar-refractivity contribution in [2.45, 2.75) is 26.7 Å². The monoisotopic (exact) mass is 232 g/mol. The van der Waals surface area contributed by atoms with Crippen LogP contribution >= 0.6 is 11.3 Å². The molecule has 0 N–H and O–H groups in total. The molecule has 2 rings (SSSR count). The van der Waals surface area contributed by atoms with Crippen molar-refractivity contribution in [3.05, 3.63) is 10.6 Å². The highest BCUT2D eigenvalue weighted by molar-refractivity contribution is 7.15. The molecule has 1 fully saturated rings. The molecule has 0 radical (unpaired) electrons. The van der Waals surface area contributed by atoms with Crippen LogP contribution in [0.4, 0.5) is 13.9 Å². The second-order valence-electron chi connectivity index (χ2n) is 3.97. The van der Waals surface area contributed by atoms with Gasteiger partial charge in [0.25, 0.3) is 0 Å². The standard InChI is InChI=1S/C10H14F2N2S/c1-6-7(2)15-10(13-6)14-4-3-8(5-14)9(11)12/h8-9H,3-5H2,1-2H3. The molecule has 1 atom stereocenters. The molecular weight excluding hydrogens is 218 g/mol. The summed E-state index contributed by atoms with van der Waals surface area (Å²) >= 11 is 1.60. The van der Waals surface area contributed by atoms with Crippen LogP contribution in [0.1, 0.15) is 17.0 Å². The zero-order chi connectivity index (χ0) is 11.0. The van der Waals surface area contributed by atoms with Crippen molar-refractivity contribution >= 4 is 16.5 Å². The average Bonchev–Trinajstić information content (AvgIpc) is 2.74. The van der Waals surface area contributed by atoms with E-state index < -0.39 is 12.3 Å². The maximum atomic E-state index is 12.5. The number of hydrogen-bond donors (Lipinski definition) is 0. The number of hydrogen-bond acceptors (Lipinski definition) is 3. The Labute approximate surface area is 91.9 Å². The smallest absolute Gasteiger partial charge is 0.243 e. The van der Waals surface area contributed by atoms with Gasteiger partial charge in [-0.1, -0.05) is 0 Å². The Morgan fingerprint density at radius 3 is 2.67 bits per heavy atom. The van der Waals surface area contributed by atoms with E-state index in [-0.39, 0.29) is 0 Å². The Morgan fingerprint density at radius 2 is 2.20 bits per heavy atom. The normalized spacial score (nSPS) is 21.7. The third-order valence-electron chi connectivity index (χ3n) is 2.87. The van der Waals surface area contributed by atoms with E-state index in [9.17, 15) is 8.78 Å². The predicted molar refractivity (Wildman–Crippen MR) is 57.9 cm³/mol. The molecule has 0 spiro atoms. The maximum Gasteiger partial charge on any atom is 0.243 e. The van der Waals surface area contributed by atoms with Gasteiger partial charge in [0, 0.05) is 23.9 Å². The van der Waals surface area contributed by atoms with Crippen LogP contribution in [-0.4, -0.2) is 24.5 Å². The summed E-state index contributed by atoms with van der Waals surface area (Å²) in [6.07, 6.45) is -1.62. The maximum absolute atomic E-state index is 12.5. The van der Waals surface area contributed by atoms with Crippen molar-refractivity contribution < 1.29 is 8.78 Å². The molecule has 15 heavy (non-hydrogen) atoms. The van der Waals surface area contributed by atoms with Gasteiger partial charge in [0.1, 0.15) is 0 Å². The van der Waals surface area contributed by atoms with Gasteiger partial charge in [-0.25, -0.2) is 13.8 Å². The number of alkyl halides is 2. The fourth-order valence-corrected chi connectivity index (χ4v) is 2.70. The lowest BCUT2D eigenvalue weighted by molar-refractivity contribution is 0.0880. The van der Waals surface area contributed by atoms with Gasteiger partial charge >= 0.3 is 0 Å². The topological polar surface area (TPSA) is 16.1 Å². The minimum Gasteiger partial charge on any atom is -0.348 e. The molecule has 1 aromatic heterocycles. The number of nitrogens with zero attached hydrogens (tertiary/aromatic N) is 2. The number of aromatic nitrogens is 1. The third kappa shape index (κ3) is 2.12. The summed E-state index contributed by atoms with van der Waals surface area (Å²) in [7, 11) is 0. The van der Waals surface area contributed by atoms with Crippen molar-refractivity contribution in [1.29, 1.82) is 0 Å². The van der Waals surface area contributed by atoms with Crippen molar-refractivity contribution in [2.75, 3.05) is 18.0 Å². The highest BCUT2D eigenvalue weighted by Crippen LogP contribution is 2.31. The number of rotatable bonds is 2. The molecule has 0 aliphatic carbocycles. The lowest BCUT2D eigenvalue weighted by Gasteiger charge is -2.14. The van der Waals surface area contributed by atoms with Crippen molar-refractivity contribution in [3.8, 4) is 0 Å². The van der Waals surface area contributed by atoms with Gasteiger partial charge in [0.05, 0.1) is 5.69 Å². The molecular formula is C10H14F2N2S. The van der Waals surface area contributed by atoms with Crippen LogP contribution in [0.15, 0.2) is 0 Å². The molecule has 1 aromatic rings. The summed E-state index contributed by atoms with van der Waals surface area (Å²) in [6.45, 7) is 5.12. The molecule has 5 heteroatoms. The molecule has 0 amide bonds. The first-order chi connectivity index (χ1) is 7.08. The summed E-state index contributed by atoms with van der Waals surface area (Å²) in [5.41, 5.74) is 1.01. The van der Waals surface area contributed by atoms with E-state index in [1.165, 1.54) is 4.88 Å². The number of aryl methyl sites for hydroxylation is 2. The first-order valence-electron chi connectivity index (χ1n) is 5.05. The molecule has 1 saturated heterocycles. The molecule has 1 aliphatic heterocycles. The summed E-state index contributed by atoms with van der Waals surface area (Å²) in [5.74, 6) is -0.477. The van der Waals surface area contributed by atoms with E-state index in [2.05, 4.69) is 4.98 Å². The molecule has 0 aromatic carbocycles. The van der Waals surface area contributed by atoms with Crippen molar-refractivity contribution in [1.82, 2.24) is 4.98 Å². The Balaban J connectivity index is 2.07. The fraction of sp³-hybridized carbons (Fsp3) is 0.700. The van der Waals surface area contributed by atoms with E-state index in [4.69, 9.17) is 0 Å². The molecule has 2 heterocycles. The van der Waals surface area contributed by atoms with Gasteiger partial charge in [-0.05, 0) is 20.3 Å². The number of thiazole rings is 1. The van der Waals surface area contributed by atoms with E-state index in [1.54, 1.807) is 11.3 Å². The van der Waals surface area contributed by atoms with Crippen LogP contribution in [0, 0.1) is 19.8 Å². The minimum absolute atomic E-state index is 0.448. The number of anilines is 1. The lowest BCUT2D eigenvalue weighted by atomic mass is 10.1. The van der Waals surface area contributed by atoms with E-state index in [0.29, 0.717) is 19.5 Å². The van der Waals surface area contributed by atoms with Crippen molar-refractivity contribution in [2.24, 2.45) is 5.92 Å². The molecule has 0 saturated carbocycles. The molecule has 1 aliphatic rings. The fourth-order valence-electron chi connectivity index (χ4n) is 1.76.